The lowest BCUT2D eigenvalue weighted by molar-refractivity contribution is -0.145. The quantitative estimate of drug-likeness (QED) is 0.647. The van der Waals surface area contributed by atoms with Crippen LogP contribution < -0.4 is 10.0 Å². The minimum atomic E-state index is -4.55. The van der Waals surface area contributed by atoms with E-state index in [-0.39, 0.29) is 35.2 Å². The molecular weight excluding hydrogens is 483 g/mol. The lowest BCUT2D eigenvalue weighted by atomic mass is 9.85. The normalized spacial score (nSPS) is 23.6. The molecule has 1 aliphatic carbocycles. The molecule has 0 radical (unpaired) electrons. The van der Waals surface area contributed by atoms with Crippen LogP contribution in [0.2, 0.25) is 0 Å². The summed E-state index contributed by atoms with van der Waals surface area (Å²) < 4.78 is 66.1. The number of amides is 2. The summed E-state index contributed by atoms with van der Waals surface area (Å²) in [6.07, 6.45) is -2.84. The van der Waals surface area contributed by atoms with Gasteiger partial charge in [-0.15, -0.1) is 0 Å². The minimum absolute atomic E-state index is 0.0289. The van der Waals surface area contributed by atoms with Crippen LogP contribution in [-0.4, -0.2) is 44.3 Å². The number of alkyl halides is 3. The van der Waals surface area contributed by atoms with Crippen molar-refractivity contribution in [2.75, 3.05) is 13.1 Å². The predicted octanol–water partition coefficient (Wildman–Crippen LogP) is 3.24. The first-order chi connectivity index (χ1) is 16.5. The molecule has 1 heterocycles. The summed E-state index contributed by atoms with van der Waals surface area (Å²) in [5.41, 5.74) is 0.00881. The highest BCUT2D eigenvalue weighted by Crippen LogP contribution is 2.32. The smallest absolute Gasteiger partial charge is 0.352 e. The molecule has 1 atom stereocenters. The summed E-state index contributed by atoms with van der Waals surface area (Å²) in [6, 6.07) is 12.1. The van der Waals surface area contributed by atoms with E-state index in [1.54, 1.807) is 4.90 Å². The van der Waals surface area contributed by atoms with E-state index in [2.05, 4.69) is 10.0 Å². The lowest BCUT2D eigenvalue weighted by Gasteiger charge is -2.39. The van der Waals surface area contributed by atoms with E-state index in [9.17, 15) is 31.2 Å². The van der Waals surface area contributed by atoms with Crippen LogP contribution in [0.25, 0.3) is 0 Å². The molecule has 0 bridgehead atoms. The number of halogens is 3. The van der Waals surface area contributed by atoms with Gasteiger partial charge in [-0.3, -0.25) is 9.59 Å². The van der Waals surface area contributed by atoms with Crippen LogP contribution in [0.1, 0.15) is 42.9 Å². The van der Waals surface area contributed by atoms with Gasteiger partial charge in [0.25, 0.3) is 0 Å². The third-order valence-electron chi connectivity index (χ3n) is 6.54. The molecule has 4 rings (SSSR count). The third-order valence-corrected chi connectivity index (χ3v) is 8.08. The molecule has 1 saturated carbocycles. The van der Waals surface area contributed by atoms with Gasteiger partial charge >= 0.3 is 6.18 Å². The van der Waals surface area contributed by atoms with Crippen LogP contribution in [0.3, 0.4) is 0 Å². The number of sulfonamides is 1. The van der Waals surface area contributed by atoms with Gasteiger partial charge in [0.15, 0.2) is 0 Å². The highest BCUT2D eigenvalue weighted by atomic mass is 32.2. The van der Waals surface area contributed by atoms with Crippen molar-refractivity contribution < 1.29 is 31.2 Å². The Kier molecular flexibility index (Phi) is 7.18. The second kappa shape index (κ2) is 9.98. The zero-order valence-corrected chi connectivity index (χ0v) is 19.6. The van der Waals surface area contributed by atoms with E-state index in [1.807, 2.05) is 30.3 Å². The van der Waals surface area contributed by atoms with Gasteiger partial charge in [0.2, 0.25) is 21.8 Å². The number of nitrogens with one attached hydrogen (secondary N) is 2. The summed E-state index contributed by atoms with van der Waals surface area (Å²) in [7, 11) is -4.00. The Morgan fingerprint density at radius 1 is 0.971 bits per heavy atom. The molecule has 35 heavy (non-hydrogen) atoms. The number of hydrogen-bond acceptors (Lipinski definition) is 4. The first kappa shape index (κ1) is 25.2. The van der Waals surface area contributed by atoms with Crippen LogP contribution >= 0.6 is 0 Å². The number of piperazine rings is 1. The summed E-state index contributed by atoms with van der Waals surface area (Å²) >= 11 is 0. The van der Waals surface area contributed by atoms with Crippen molar-refractivity contribution in [3.8, 4) is 0 Å². The number of nitrogens with zero attached hydrogens (tertiary/aromatic N) is 1. The van der Waals surface area contributed by atoms with Crippen molar-refractivity contribution in [1.29, 1.82) is 0 Å². The van der Waals surface area contributed by atoms with Gasteiger partial charge in [-0.25, -0.2) is 13.1 Å². The highest BCUT2D eigenvalue weighted by molar-refractivity contribution is 7.89. The Bertz CT molecular complexity index is 1160. The molecule has 7 nitrogen and oxygen atoms in total. The molecule has 2 amide bonds. The average Bonchev–Trinajstić information content (AvgIpc) is 2.84. The number of carbonyl (C=O) groups is 2. The fourth-order valence-corrected chi connectivity index (χ4v) is 5.95. The SMILES string of the molecule is O=C1CN(C(=O)[C@H]2CC[C@H](NS(=O)(=O)c3ccc(C(F)(F)F)cc3)CC2)C(c2ccccc2)CN1. The van der Waals surface area contributed by atoms with Gasteiger partial charge in [-0.1, -0.05) is 30.3 Å². The molecule has 1 aliphatic heterocycles. The maximum atomic E-state index is 13.3. The zero-order chi connectivity index (χ0) is 25.2. The molecule has 1 saturated heterocycles. The van der Waals surface area contributed by atoms with E-state index in [0.717, 1.165) is 29.8 Å². The molecule has 188 valence electrons. The molecule has 2 aromatic carbocycles. The first-order valence-corrected chi connectivity index (χ1v) is 12.8. The van der Waals surface area contributed by atoms with E-state index >= 15 is 0 Å². The van der Waals surface area contributed by atoms with Crippen molar-refractivity contribution in [3.63, 3.8) is 0 Å². The summed E-state index contributed by atoms with van der Waals surface area (Å²) in [5, 5.41) is 2.81. The fourth-order valence-electron chi connectivity index (χ4n) is 4.65. The molecule has 0 aromatic heterocycles. The van der Waals surface area contributed by atoms with Gasteiger partial charge in [-0.05, 0) is 55.5 Å². The monoisotopic (exact) mass is 509 g/mol. The molecule has 2 N–H and O–H groups in total. The number of rotatable bonds is 5. The van der Waals surface area contributed by atoms with Crippen molar-refractivity contribution in [2.45, 2.75) is 48.8 Å². The fraction of sp³-hybridized carbons (Fsp3) is 0.417. The predicted molar refractivity (Wildman–Crippen MR) is 121 cm³/mol. The molecule has 11 heteroatoms. The molecule has 2 aromatic rings. The Balaban J connectivity index is 1.38. The second-order valence-corrected chi connectivity index (χ2v) is 10.6. The third kappa shape index (κ3) is 5.84. The zero-order valence-electron chi connectivity index (χ0n) is 18.8. The molecular formula is C24H26F3N3O4S. The topological polar surface area (TPSA) is 95.6 Å². The summed E-state index contributed by atoms with van der Waals surface area (Å²) in [4.78, 5) is 26.7. The minimum Gasteiger partial charge on any atom is -0.352 e. The van der Waals surface area contributed by atoms with Crippen molar-refractivity contribution in [1.82, 2.24) is 14.9 Å². The van der Waals surface area contributed by atoms with Gasteiger partial charge in [0.1, 0.15) is 6.54 Å². The maximum absolute atomic E-state index is 13.3. The summed E-state index contributed by atoms with van der Waals surface area (Å²) in [6.45, 7) is 0.301. The maximum Gasteiger partial charge on any atom is 0.416 e. The van der Waals surface area contributed by atoms with Crippen molar-refractivity contribution in [3.05, 3.63) is 65.7 Å². The van der Waals surface area contributed by atoms with E-state index < -0.39 is 27.8 Å². The van der Waals surface area contributed by atoms with E-state index in [1.165, 1.54) is 0 Å². The van der Waals surface area contributed by atoms with Crippen LogP contribution in [0.15, 0.2) is 59.5 Å². The van der Waals surface area contributed by atoms with Crippen LogP contribution in [0.4, 0.5) is 13.2 Å². The molecule has 0 spiro atoms. The Morgan fingerprint density at radius 2 is 1.60 bits per heavy atom. The second-order valence-electron chi connectivity index (χ2n) is 8.89. The van der Waals surface area contributed by atoms with Gasteiger partial charge in [-0.2, -0.15) is 13.2 Å². The Hall–Kier alpha value is -2.92. The van der Waals surface area contributed by atoms with E-state index in [4.69, 9.17) is 0 Å². The molecule has 2 fully saturated rings. The van der Waals surface area contributed by atoms with Crippen LogP contribution in [0, 0.1) is 5.92 Å². The number of benzene rings is 2. The Labute approximate surface area is 201 Å². The van der Waals surface area contributed by atoms with E-state index in [0.29, 0.717) is 32.2 Å². The number of hydrogen-bond donors (Lipinski definition) is 2. The van der Waals surface area contributed by atoms with Crippen molar-refractivity contribution in [2.24, 2.45) is 5.92 Å². The Morgan fingerprint density at radius 3 is 2.20 bits per heavy atom. The van der Waals surface area contributed by atoms with Crippen LogP contribution in [-0.2, 0) is 25.8 Å². The summed E-state index contributed by atoms with van der Waals surface area (Å²) in [5.74, 6) is -0.680. The van der Waals surface area contributed by atoms with Gasteiger partial charge in [0.05, 0.1) is 16.5 Å². The largest absolute Gasteiger partial charge is 0.416 e. The van der Waals surface area contributed by atoms with Gasteiger partial charge in [0, 0.05) is 18.5 Å². The first-order valence-electron chi connectivity index (χ1n) is 11.4. The molecule has 2 aliphatic rings. The highest BCUT2D eigenvalue weighted by Gasteiger charge is 2.37. The molecule has 1 unspecified atom stereocenters. The lowest BCUT2D eigenvalue weighted by Crippen LogP contribution is -2.54. The van der Waals surface area contributed by atoms with Gasteiger partial charge < -0.3 is 10.2 Å². The standard InChI is InChI=1S/C24H26F3N3O4S/c25-24(26,27)18-8-12-20(13-9-18)35(33,34)29-19-10-6-17(7-11-19)23(32)30-15-22(31)28-14-21(30)16-4-2-1-3-5-16/h1-5,8-9,12-13,17,19,21,29H,6-7,10-11,14-15H2,(H,28,31)/t17-,19-,21?. The number of carbonyl (C=O) groups excluding carboxylic acids is 2. The average molecular weight is 510 g/mol. The van der Waals surface area contributed by atoms with Crippen molar-refractivity contribution >= 4 is 21.8 Å². The van der Waals surface area contributed by atoms with Crippen LogP contribution in [0.5, 0.6) is 0 Å².